The third-order valence-electron chi connectivity index (χ3n) is 2.18. The third-order valence-corrected chi connectivity index (χ3v) is 4.18. The van der Waals surface area contributed by atoms with Crippen molar-refractivity contribution in [2.45, 2.75) is 10.9 Å². The first-order chi connectivity index (χ1) is 8.81. The molecule has 0 spiro atoms. The van der Waals surface area contributed by atoms with Crippen molar-refractivity contribution in [1.29, 1.82) is 0 Å². The van der Waals surface area contributed by atoms with Gasteiger partial charge in [0.1, 0.15) is 4.90 Å². The standard InChI is InChI=1S/C9H11ClN2O6S/c10-8-2-1-7(12(15)16)3-9(8)19(17,18)11-6(4-13)5-14/h1-3,6,11,13-14H,4-5H2. The van der Waals surface area contributed by atoms with E-state index in [4.69, 9.17) is 21.8 Å². The first-order valence-corrected chi connectivity index (χ1v) is 6.86. The number of hydrogen-bond donors (Lipinski definition) is 3. The van der Waals surface area contributed by atoms with Crippen LogP contribution in [0.4, 0.5) is 5.69 Å². The molecule has 106 valence electrons. The lowest BCUT2D eigenvalue weighted by molar-refractivity contribution is -0.385. The molecule has 1 rings (SSSR count). The summed E-state index contributed by atoms with van der Waals surface area (Å²) in [6.07, 6.45) is 0. The molecule has 0 aliphatic rings. The van der Waals surface area contributed by atoms with Crippen molar-refractivity contribution in [2.24, 2.45) is 0 Å². The molecule has 3 N–H and O–H groups in total. The molecule has 0 unspecified atom stereocenters. The van der Waals surface area contributed by atoms with Crippen molar-refractivity contribution >= 4 is 27.3 Å². The Kier molecular flexibility index (Phi) is 5.20. The van der Waals surface area contributed by atoms with Gasteiger partial charge in [-0.1, -0.05) is 11.6 Å². The van der Waals surface area contributed by atoms with E-state index in [1.165, 1.54) is 0 Å². The van der Waals surface area contributed by atoms with Gasteiger partial charge in [0, 0.05) is 12.1 Å². The lowest BCUT2D eigenvalue weighted by Crippen LogP contribution is -2.40. The minimum absolute atomic E-state index is 0.201. The van der Waals surface area contributed by atoms with Crippen LogP contribution in [0.1, 0.15) is 0 Å². The number of non-ortho nitro benzene ring substituents is 1. The zero-order chi connectivity index (χ0) is 14.6. The molecule has 0 heterocycles. The third kappa shape index (κ3) is 3.85. The second-order valence-corrected chi connectivity index (χ2v) is 5.64. The molecule has 0 aromatic heterocycles. The van der Waals surface area contributed by atoms with Crippen LogP contribution in [0.15, 0.2) is 23.1 Å². The Morgan fingerprint density at radius 1 is 1.37 bits per heavy atom. The highest BCUT2D eigenvalue weighted by Crippen LogP contribution is 2.26. The van der Waals surface area contributed by atoms with E-state index in [1.54, 1.807) is 0 Å². The van der Waals surface area contributed by atoms with Gasteiger partial charge in [-0.3, -0.25) is 10.1 Å². The summed E-state index contributed by atoms with van der Waals surface area (Å²) < 4.78 is 25.8. The van der Waals surface area contributed by atoms with E-state index in [-0.39, 0.29) is 5.02 Å². The molecular weight excluding hydrogens is 300 g/mol. The van der Waals surface area contributed by atoms with Gasteiger partial charge in [-0.2, -0.15) is 0 Å². The van der Waals surface area contributed by atoms with E-state index in [0.717, 1.165) is 18.2 Å². The number of halogens is 1. The lowest BCUT2D eigenvalue weighted by atomic mass is 10.3. The Labute approximate surface area is 113 Å². The zero-order valence-electron chi connectivity index (χ0n) is 9.48. The Morgan fingerprint density at radius 2 is 1.95 bits per heavy atom. The molecule has 1 aromatic carbocycles. The highest BCUT2D eigenvalue weighted by molar-refractivity contribution is 7.89. The molecule has 0 bridgehead atoms. The number of aliphatic hydroxyl groups is 2. The van der Waals surface area contributed by atoms with Gasteiger partial charge in [0.2, 0.25) is 10.0 Å². The molecule has 0 radical (unpaired) electrons. The second kappa shape index (κ2) is 6.26. The van der Waals surface area contributed by atoms with Crippen molar-refractivity contribution in [2.75, 3.05) is 13.2 Å². The normalized spacial score (nSPS) is 11.8. The molecule has 0 amide bonds. The maximum absolute atomic E-state index is 11.9. The van der Waals surface area contributed by atoms with Crippen LogP contribution in [0.25, 0.3) is 0 Å². The van der Waals surface area contributed by atoms with Crippen molar-refractivity contribution in [3.8, 4) is 0 Å². The van der Waals surface area contributed by atoms with E-state index in [9.17, 15) is 18.5 Å². The highest BCUT2D eigenvalue weighted by Gasteiger charge is 2.24. The van der Waals surface area contributed by atoms with Gasteiger partial charge in [0.15, 0.2) is 0 Å². The average molecular weight is 311 g/mol. The number of aliphatic hydroxyl groups excluding tert-OH is 2. The summed E-state index contributed by atoms with van der Waals surface area (Å²) >= 11 is 5.69. The van der Waals surface area contributed by atoms with E-state index in [2.05, 4.69) is 0 Å². The maximum Gasteiger partial charge on any atom is 0.270 e. The molecule has 0 aliphatic heterocycles. The number of sulfonamides is 1. The van der Waals surface area contributed by atoms with Crippen LogP contribution in [0.2, 0.25) is 5.02 Å². The van der Waals surface area contributed by atoms with Crippen molar-refractivity contribution in [3.05, 3.63) is 33.3 Å². The highest BCUT2D eigenvalue weighted by atomic mass is 35.5. The SMILES string of the molecule is O=[N+]([O-])c1ccc(Cl)c(S(=O)(=O)NC(CO)CO)c1. The van der Waals surface area contributed by atoms with Crippen LogP contribution in [-0.2, 0) is 10.0 Å². The molecular formula is C9H11ClN2O6S. The Bertz CT molecular complexity index is 572. The largest absolute Gasteiger partial charge is 0.395 e. The van der Waals surface area contributed by atoms with Crippen LogP contribution >= 0.6 is 11.6 Å². The Morgan fingerprint density at radius 3 is 2.42 bits per heavy atom. The summed E-state index contributed by atoms with van der Waals surface area (Å²) in [5, 5.41) is 28.0. The number of rotatable bonds is 6. The van der Waals surface area contributed by atoms with Gasteiger partial charge < -0.3 is 10.2 Å². The zero-order valence-corrected chi connectivity index (χ0v) is 11.1. The monoisotopic (exact) mass is 310 g/mol. The Hall–Kier alpha value is -1.26. The van der Waals surface area contributed by atoms with Crippen LogP contribution < -0.4 is 4.72 Å². The first-order valence-electron chi connectivity index (χ1n) is 4.99. The lowest BCUT2D eigenvalue weighted by Gasteiger charge is -2.14. The minimum atomic E-state index is -4.18. The molecule has 10 heteroatoms. The number of nitro groups is 1. The summed E-state index contributed by atoms with van der Waals surface area (Å²) in [6.45, 7) is -1.25. The Balaban J connectivity index is 3.20. The predicted octanol–water partition coefficient (Wildman–Crippen LogP) is -0.120. The van der Waals surface area contributed by atoms with E-state index < -0.39 is 44.8 Å². The summed E-state index contributed by atoms with van der Waals surface area (Å²) in [6, 6.07) is 1.84. The van der Waals surface area contributed by atoms with Gasteiger partial charge in [0.05, 0.1) is 29.2 Å². The minimum Gasteiger partial charge on any atom is -0.395 e. The summed E-state index contributed by atoms with van der Waals surface area (Å²) in [7, 11) is -4.18. The van der Waals surface area contributed by atoms with Crippen molar-refractivity contribution in [3.63, 3.8) is 0 Å². The van der Waals surface area contributed by atoms with E-state index in [0.29, 0.717) is 0 Å². The number of benzene rings is 1. The fourth-order valence-corrected chi connectivity index (χ4v) is 2.96. The number of hydrogen-bond acceptors (Lipinski definition) is 6. The van der Waals surface area contributed by atoms with Gasteiger partial charge in [0.25, 0.3) is 5.69 Å². The van der Waals surface area contributed by atoms with E-state index in [1.807, 2.05) is 4.72 Å². The van der Waals surface area contributed by atoms with Crippen LogP contribution in [0, 0.1) is 10.1 Å². The quantitative estimate of drug-likeness (QED) is 0.496. The molecule has 0 aliphatic carbocycles. The predicted molar refractivity (Wildman–Crippen MR) is 66.4 cm³/mol. The first kappa shape index (κ1) is 15.8. The van der Waals surface area contributed by atoms with Crippen molar-refractivity contribution < 1.29 is 23.6 Å². The topological polar surface area (TPSA) is 130 Å². The second-order valence-electron chi connectivity index (χ2n) is 3.56. The molecule has 0 saturated heterocycles. The number of nitro benzene ring substituents is 1. The number of nitrogens with one attached hydrogen (secondary N) is 1. The van der Waals surface area contributed by atoms with Gasteiger partial charge >= 0.3 is 0 Å². The van der Waals surface area contributed by atoms with Crippen LogP contribution in [-0.4, -0.2) is 42.8 Å². The van der Waals surface area contributed by atoms with Crippen molar-refractivity contribution in [1.82, 2.24) is 4.72 Å². The summed E-state index contributed by atoms with van der Waals surface area (Å²) in [5.41, 5.74) is -0.436. The summed E-state index contributed by atoms with van der Waals surface area (Å²) in [5.74, 6) is 0. The fourth-order valence-electron chi connectivity index (χ4n) is 1.23. The summed E-state index contributed by atoms with van der Waals surface area (Å²) in [4.78, 5) is 9.34. The molecule has 0 fully saturated rings. The average Bonchev–Trinajstić information content (AvgIpc) is 2.35. The van der Waals surface area contributed by atoms with Crippen LogP contribution in [0.5, 0.6) is 0 Å². The fraction of sp³-hybridized carbons (Fsp3) is 0.333. The molecule has 8 nitrogen and oxygen atoms in total. The maximum atomic E-state index is 11.9. The smallest absolute Gasteiger partial charge is 0.270 e. The van der Waals surface area contributed by atoms with E-state index >= 15 is 0 Å². The molecule has 0 saturated carbocycles. The number of nitrogens with zero attached hydrogens (tertiary/aromatic N) is 1. The molecule has 0 atom stereocenters. The van der Waals surface area contributed by atoms with Crippen LogP contribution in [0.3, 0.4) is 0 Å². The van der Waals surface area contributed by atoms with Gasteiger partial charge in [-0.25, -0.2) is 13.1 Å². The molecule has 19 heavy (non-hydrogen) atoms. The molecule has 1 aromatic rings. The van der Waals surface area contributed by atoms with Gasteiger partial charge in [-0.05, 0) is 6.07 Å². The van der Waals surface area contributed by atoms with Gasteiger partial charge in [-0.15, -0.1) is 0 Å².